The molecule has 1 nitrogen and oxygen atoms in total. The molecule has 0 aromatic heterocycles. The van der Waals surface area contributed by atoms with E-state index in [2.05, 4.69) is 96.2 Å². The summed E-state index contributed by atoms with van der Waals surface area (Å²) in [6, 6.07) is 27.6. The fraction of sp³-hybridized carbons (Fsp3) is 0.167. The van der Waals surface area contributed by atoms with Gasteiger partial charge in [-0.2, -0.15) is 0 Å². The van der Waals surface area contributed by atoms with Crippen molar-refractivity contribution in [2.24, 2.45) is 0 Å². The quantitative estimate of drug-likeness (QED) is 0.193. The molecule has 3 aromatic rings. The Balaban J connectivity index is 2.14. The van der Waals surface area contributed by atoms with Gasteiger partial charge in [0.1, 0.15) is 12.4 Å². The normalized spacial score (nSPS) is 11.8. The molecule has 138 valence electrons. The highest BCUT2D eigenvalue weighted by Gasteiger charge is 2.13. The fourth-order valence-electron chi connectivity index (χ4n) is 3.20. The summed E-state index contributed by atoms with van der Waals surface area (Å²) in [4.78, 5) is 0. The maximum absolute atomic E-state index is 5.72. The summed E-state index contributed by atoms with van der Waals surface area (Å²) < 4.78 is 6.87. The van der Waals surface area contributed by atoms with Crippen molar-refractivity contribution in [1.82, 2.24) is 0 Å². The minimum Gasteiger partial charge on any atom is -0.492 e. The van der Waals surface area contributed by atoms with Crippen LogP contribution in [0.1, 0.15) is 30.0 Å². The molecule has 0 bridgehead atoms. The molecule has 3 heteroatoms. The molecule has 3 rings (SSSR count). The lowest BCUT2D eigenvalue weighted by Crippen LogP contribution is -1.99. The van der Waals surface area contributed by atoms with E-state index < -0.39 is 0 Å². The molecule has 0 aliphatic heterocycles. The Labute approximate surface area is 180 Å². The summed E-state index contributed by atoms with van der Waals surface area (Å²) >= 11 is 8.10. The maximum atomic E-state index is 5.72. The van der Waals surface area contributed by atoms with Gasteiger partial charge in [0.15, 0.2) is 0 Å². The average molecular weight is 489 g/mol. The van der Waals surface area contributed by atoms with Gasteiger partial charge in [0, 0.05) is 3.57 Å². The number of rotatable bonds is 7. The Bertz CT molecular complexity index is 901. The van der Waals surface area contributed by atoms with Crippen molar-refractivity contribution in [2.75, 3.05) is 12.5 Å². The second-order valence-corrected chi connectivity index (χ2v) is 7.77. The molecular weight excluding hydrogens is 467 g/mol. The minimum absolute atomic E-state index is 0.489. The third kappa shape index (κ3) is 5.14. The van der Waals surface area contributed by atoms with Gasteiger partial charge in [-0.1, -0.05) is 61.5 Å². The molecule has 0 atom stereocenters. The number of alkyl halides is 1. The lowest BCUT2D eigenvalue weighted by Gasteiger charge is -2.17. The Morgan fingerprint density at radius 1 is 0.852 bits per heavy atom. The van der Waals surface area contributed by atoms with Gasteiger partial charge in [-0.25, -0.2) is 0 Å². The zero-order valence-corrected chi connectivity index (χ0v) is 18.2. The Kier molecular flexibility index (Phi) is 7.36. The first-order valence-electron chi connectivity index (χ1n) is 9.06. The summed E-state index contributed by atoms with van der Waals surface area (Å²) in [5.41, 5.74) is 6.29. The van der Waals surface area contributed by atoms with Gasteiger partial charge in [-0.15, -0.1) is 11.6 Å². The van der Waals surface area contributed by atoms with E-state index in [0.717, 1.165) is 12.2 Å². The molecule has 0 saturated carbocycles. The largest absolute Gasteiger partial charge is 0.492 e. The average Bonchev–Trinajstić information content (AvgIpc) is 2.71. The van der Waals surface area contributed by atoms with Gasteiger partial charge in [-0.3, -0.25) is 0 Å². The monoisotopic (exact) mass is 488 g/mol. The minimum atomic E-state index is 0.489. The van der Waals surface area contributed by atoms with E-state index in [0.29, 0.717) is 12.5 Å². The van der Waals surface area contributed by atoms with Crippen LogP contribution in [0.4, 0.5) is 0 Å². The molecule has 0 N–H and O–H groups in total. The van der Waals surface area contributed by atoms with Gasteiger partial charge in [0.2, 0.25) is 0 Å². The van der Waals surface area contributed by atoms with Crippen molar-refractivity contribution in [3.8, 4) is 5.75 Å². The summed E-state index contributed by atoms with van der Waals surface area (Å²) in [5, 5.41) is 0. The molecule has 0 spiro atoms. The van der Waals surface area contributed by atoms with E-state index in [1.807, 2.05) is 12.1 Å². The van der Waals surface area contributed by atoms with Crippen LogP contribution in [0.15, 0.2) is 78.9 Å². The Morgan fingerprint density at radius 2 is 1.56 bits per heavy atom. The second-order valence-electron chi connectivity index (χ2n) is 6.15. The van der Waals surface area contributed by atoms with Crippen LogP contribution in [0.25, 0.3) is 11.1 Å². The van der Waals surface area contributed by atoms with Gasteiger partial charge in [-0.05, 0) is 81.1 Å². The summed E-state index contributed by atoms with van der Waals surface area (Å²) in [5.74, 6) is 1.34. The highest BCUT2D eigenvalue weighted by atomic mass is 127. The van der Waals surface area contributed by atoms with Gasteiger partial charge in [0.25, 0.3) is 0 Å². The summed E-state index contributed by atoms with van der Waals surface area (Å²) in [6.45, 7) is 2.74. The van der Waals surface area contributed by atoms with Crippen LogP contribution >= 0.6 is 34.2 Å². The van der Waals surface area contributed by atoms with Crippen LogP contribution in [0.3, 0.4) is 0 Å². The van der Waals surface area contributed by atoms with E-state index in [1.165, 1.54) is 31.4 Å². The maximum Gasteiger partial charge on any atom is 0.119 e. The molecule has 0 amide bonds. The molecule has 0 fully saturated rings. The fourth-order valence-corrected chi connectivity index (χ4v) is 3.82. The molecular formula is C24H22ClIO. The molecule has 0 heterocycles. The number of hydrogen-bond acceptors (Lipinski definition) is 1. The zero-order valence-electron chi connectivity index (χ0n) is 15.3. The Morgan fingerprint density at radius 3 is 2.19 bits per heavy atom. The molecule has 0 radical (unpaired) electrons. The number of benzene rings is 3. The zero-order chi connectivity index (χ0) is 19.1. The predicted octanol–water partition coefficient (Wildman–Crippen LogP) is 7.28. The number of halogens is 2. The summed E-state index contributed by atoms with van der Waals surface area (Å²) in [7, 11) is 0. The third-order valence-electron chi connectivity index (χ3n) is 4.38. The smallest absolute Gasteiger partial charge is 0.119 e. The lowest BCUT2D eigenvalue weighted by molar-refractivity contribution is 0.343. The standard InChI is InChI=1S/C24H22ClIO/c1-2-23(18-7-4-3-5-8-18)24(20-9-6-10-21(26)17-20)19-11-13-22(14-12-19)27-16-15-25/h3-14,17H,2,15-16H2,1H3. The molecule has 0 aliphatic carbocycles. The van der Waals surface area contributed by atoms with E-state index in [1.54, 1.807) is 0 Å². The van der Waals surface area contributed by atoms with Gasteiger partial charge >= 0.3 is 0 Å². The van der Waals surface area contributed by atoms with Crippen molar-refractivity contribution < 1.29 is 4.74 Å². The van der Waals surface area contributed by atoms with Crippen molar-refractivity contribution >= 4 is 45.3 Å². The molecule has 0 aliphatic rings. The molecule has 3 aromatic carbocycles. The Hall–Kier alpha value is -1.78. The summed E-state index contributed by atoms with van der Waals surface area (Å²) in [6.07, 6.45) is 0.954. The van der Waals surface area contributed by atoms with Crippen LogP contribution in [0, 0.1) is 3.57 Å². The number of hydrogen-bond donors (Lipinski definition) is 0. The first-order valence-corrected chi connectivity index (χ1v) is 10.7. The van der Waals surface area contributed by atoms with Crippen molar-refractivity contribution in [1.29, 1.82) is 0 Å². The van der Waals surface area contributed by atoms with E-state index >= 15 is 0 Å². The SMILES string of the molecule is CCC(=C(c1ccc(OCCCl)cc1)c1cccc(I)c1)c1ccccc1. The number of ether oxygens (including phenoxy) is 1. The second kappa shape index (κ2) is 9.95. The first-order chi connectivity index (χ1) is 13.2. The van der Waals surface area contributed by atoms with Gasteiger partial charge in [0.05, 0.1) is 5.88 Å². The first kappa shape index (κ1) is 20.0. The third-order valence-corrected chi connectivity index (χ3v) is 5.21. The highest BCUT2D eigenvalue weighted by molar-refractivity contribution is 14.1. The molecule has 27 heavy (non-hydrogen) atoms. The van der Waals surface area contributed by atoms with Gasteiger partial charge < -0.3 is 4.74 Å². The van der Waals surface area contributed by atoms with E-state index in [4.69, 9.17) is 16.3 Å². The van der Waals surface area contributed by atoms with E-state index in [-0.39, 0.29) is 0 Å². The number of allylic oxidation sites excluding steroid dienone is 1. The van der Waals surface area contributed by atoms with Crippen molar-refractivity contribution in [3.05, 3.63) is 99.1 Å². The van der Waals surface area contributed by atoms with Crippen molar-refractivity contribution in [2.45, 2.75) is 13.3 Å². The van der Waals surface area contributed by atoms with Crippen LogP contribution in [-0.2, 0) is 0 Å². The lowest BCUT2D eigenvalue weighted by atomic mass is 9.88. The van der Waals surface area contributed by atoms with Crippen molar-refractivity contribution in [3.63, 3.8) is 0 Å². The predicted molar refractivity (Wildman–Crippen MR) is 124 cm³/mol. The molecule has 0 unspecified atom stereocenters. The van der Waals surface area contributed by atoms with Crippen LogP contribution in [0.5, 0.6) is 5.75 Å². The molecule has 0 saturated heterocycles. The van der Waals surface area contributed by atoms with E-state index in [9.17, 15) is 0 Å². The van der Waals surface area contributed by atoms with Crippen LogP contribution in [0.2, 0.25) is 0 Å². The van der Waals surface area contributed by atoms with Crippen LogP contribution < -0.4 is 4.74 Å². The van der Waals surface area contributed by atoms with Crippen LogP contribution in [-0.4, -0.2) is 12.5 Å². The topological polar surface area (TPSA) is 9.23 Å². The highest BCUT2D eigenvalue weighted by Crippen LogP contribution is 2.35.